The number of carbonyl (C=O) groups excluding carboxylic acids is 1. The standard InChI is InChI=1S/C20H23BrN2O/c1-16-4-2-3-5-18(16)14-20(24)23-12-10-22(11-13-23)15-17-6-8-19(21)9-7-17/h2-9H,10-15H2,1H3. The second-order valence-corrected chi connectivity index (χ2v) is 7.30. The molecular weight excluding hydrogens is 364 g/mol. The minimum absolute atomic E-state index is 0.243. The van der Waals surface area contributed by atoms with Gasteiger partial charge in [0.1, 0.15) is 0 Å². The first kappa shape index (κ1) is 17.2. The number of hydrogen-bond acceptors (Lipinski definition) is 2. The number of nitrogens with zero attached hydrogens (tertiary/aromatic N) is 2. The molecule has 0 atom stereocenters. The van der Waals surface area contributed by atoms with E-state index in [2.05, 4.69) is 64.2 Å². The summed E-state index contributed by atoms with van der Waals surface area (Å²) in [5, 5.41) is 0. The maximum absolute atomic E-state index is 12.5. The zero-order valence-electron chi connectivity index (χ0n) is 14.0. The number of hydrogen-bond donors (Lipinski definition) is 0. The Bertz CT molecular complexity index is 691. The third kappa shape index (κ3) is 4.46. The number of aryl methyl sites for hydroxylation is 1. The maximum Gasteiger partial charge on any atom is 0.227 e. The number of piperazine rings is 1. The number of benzene rings is 2. The molecule has 4 heteroatoms. The minimum atomic E-state index is 0.243. The van der Waals surface area contributed by atoms with Gasteiger partial charge < -0.3 is 4.90 Å². The molecule has 0 unspecified atom stereocenters. The van der Waals surface area contributed by atoms with E-state index >= 15 is 0 Å². The highest BCUT2D eigenvalue weighted by molar-refractivity contribution is 9.10. The van der Waals surface area contributed by atoms with Crippen molar-refractivity contribution >= 4 is 21.8 Å². The van der Waals surface area contributed by atoms with Gasteiger partial charge in [0.2, 0.25) is 5.91 Å². The first-order valence-corrected chi connectivity index (χ1v) is 9.20. The lowest BCUT2D eigenvalue weighted by Gasteiger charge is -2.35. The first-order chi connectivity index (χ1) is 11.6. The van der Waals surface area contributed by atoms with E-state index in [-0.39, 0.29) is 5.91 Å². The molecule has 2 aromatic carbocycles. The molecule has 0 bridgehead atoms. The van der Waals surface area contributed by atoms with Crippen molar-refractivity contribution in [2.75, 3.05) is 26.2 Å². The fourth-order valence-electron chi connectivity index (χ4n) is 3.09. The van der Waals surface area contributed by atoms with Crippen molar-refractivity contribution in [2.45, 2.75) is 19.9 Å². The van der Waals surface area contributed by atoms with Crippen molar-refractivity contribution in [1.29, 1.82) is 0 Å². The largest absolute Gasteiger partial charge is 0.340 e. The quantitative estimate of drug-likeness (QED) is 0.800. The summed E-state index contributed by atoms with van der Waals surface area (Å²) in [6.45, 7) is 6.54. The molecule has 1 aliphatic rings. The van der Waals surface area contributed by atoms with Gasteiger partial charge in [-0.15, -0.1) is 0 Å². The molecule has 0 radical (unpaired) electrons. The first-order valence-electron chi connectivity index (χ1n) is 8.41. The highest BCUT2D eigenvalue weighted by atomic mass is 79.9. The van der Waals surface area contributed by atoms with Gasteiger partial charge >= 0.3 is 0 Å². The third-order valence-corrected chi connectivity index (χ3v) is 5.18. The van der Waals surface area contributed by atoms with Gasteiger partial charge in [-0.25, -0.2) is 0 Å². The molecule has 2 aromatic rings. The smallest absolute Gasteiger partial charge is 0.227 e. The Balaban J connectivity index is 1.50. The Labute approximate surface area is 152 Å². The molecule has 0 aliphatic carbocycles. The van der Waals surface area contributed by atoms with Crippen LogP contribution in [-0.4, -0.2) is 41.9 Å². The van der Waals surface area contributed by atoms with Gasteiger partial charge in [-0.3, -0.25) is 9.69 Å². The van der Waals surface area contributed by atoms with Crippen molar-refractivity contribution in [3.63, 3.8) is 0 Å². The van der Waals surface area contributed by atoms with E-state index < -0.39 is 0 Å². The van der Waals surface area contributed by atoms with Crippen molar-refractivity contribution in [3.05, 3.63) is 69.7 Å². The summed E-state index contributed by atoms with van der Waals surface area (Å²) in [6, 6.07) is 16.6. The van der Waals surface area contributed by atoms with Crippen molar-refractivity contribution in [3.8, 4) is 0 Å². The van der Waals surface area contributed by atoms with Crippen LogP contribution in [0.2, 0.25) is 0 Å². The van der Waals surface area contributed by atoms with Crippen LogP contribution in [0.25, 0.3) is 0 Å². The summed E-state index contributed by atoms with van der Waals surface area (Å²) in [7, 11) is 0. The van der Waals surface area contributed by atoms with Crippen LogP contribution in [0.3, 0.4) is 0 Å². The van der Waals surface area contributed by atoms with Crippen molar-refractivity contribution in [2.24, 2.45) is 0 Å². The monoisotopic (exact) mass is 386 g/mol. The fourth-order valence-corrected chi connectivity index (χ4v) is 3.35. The predicted octanol–water partition coefficient (Wildman–Crippen LogP) is 3.64. The Morgan fingerprint density at radius 2 is 1.67 bits per heavy atom. The summed E-state index contributed by atoms with van der Waals surface area (Å²) in [5.74, 6) is 0.243. The van der Waals surface area contributed by atoms with Crippen LogP contribution in [0.1, 0.15) is 16.7 Å². The van der Waals surface area contributed by atoms with E-state index in [4.69, 9.17) is 0 Å². The topological polar surface area (TPSA) is 23.6 Å². The van der Waals surface area contributed by atoms with E-state index in [1.807, 2.05) is 17.0 Å². The van der Waals surface area contributed by atoms with Crippen LogP contribution < -0.4 is 0 Å². The molecule has 3 nitrogen and oxygen atoms in total. The van der Waals surface area contributed by atoms with Crippen molar-refractivity contribution in [1.82, 2.24) is 9.80 Å². The number of amides is 1. The summed E-state index contributed by atoms with van der Waals surface area (Å²) < 4.78 is 1.11. The van der Waals surface area contributed by atoms with E-state index in [1.165, 1.54) is 11.1 Å². The lowest BCUT2D eigenvalue weighted by molar-refractivity contribution is -0.132. The molecular formula is C20H23BrN2O. The summed E-state index contributed by atoms with van der Waals surface area (Å²) >= 11 is 3.47. The van der Waals surface area contributed by atoms with Crippen LogP contribution in [-0.2, 0) is 17.8 Å². The van der Waals surface area contributed by atoms with Gasteiger partial charge in [0.15, 0.2) is 0 Å². The summed E-state index contributed by atoms with van der Waals surface area (Å²) in [6.07, 6.45) is 0.513. The molecule has 0 aromatic heterocycles. The van der Waals surface area contributed by atoms with Crippen LogP contribution >= 0.6 is 15.9 Å². The molecule has 1 saturated heterocycles. The summed E-state index contributed by atoms with van der Waals surface area (Å²) in [4.78, 5) is 16.9. The normalized spacial score (nSPS) is 15.5. The Morgan fingerprint density at radius 3 is 2.33 bits per heavy atom. The highest BCUT2D eigenvalue weighted by Gasteiger charge is 2.21. The van der Waals surface area contributed by atoms with Gasteiger partial charge in [0.25, 0.3) is 0 Å². The average molecular weight is 387 g/mol. The molecule has 3 rings (SSSR count). The molecule has 1 fully saturated rings. The molecule has 24 heavy (non-hydrogen) atoms. The van der Waals surface area contributed by atoms with Gasteiger partial charge in [0.05, 0.1) is 6.42 Å². The number of carbonyl (C=O) groups is 1. The number of rotatable bonds is 4. The van der Waals surface area contributed by atoms with E-state index in [0.717, 1.165) is 42.8 Å². The molecule has 1 aliphatic heterocycles. The van der Waals surface area contributed by atoms with Crippen LogP contribution in [0, 0.1) is 6.92 Å². The van der Waals surface area contributed by atoms with Crippen LogP contribution in [0.15, 0.2) is 53.0 Å². The zero-order valence-corrected chi connectivity index (χ0v) is 15.6. The molecule has 1 amide bonds. The lowest BCUT2D eigenvalue weighted by atomic mass is 10.1. The Kier molecular flexibility index (Phi) is 5.69. The second-order valence-electron chi connectivity index (χ2n) is 6.39. The van der Waals surface area contributed by atoms with Gasteiger partial charge in [0, 0.05) is 37.2 Å². The fraction of sp³-hybridized carbons (Fsp3) is 0.350. The van der Waals surface area contributed by atoms with Crippen LogP contribution in [0.5, 0.6) is 0 Å². The van der Waals surface area contributed by atoms with E-state index in [9.17, 15) is 4.79 Å². The Hall–Kier alpha value is -1.65. The van der Waals surface area contributed by atoms with Crippen molar-refractivity contribution < 1.29 is 4.79 Å². The number of halogens is 1. The average Bonchev–Trinajstić information content (AvgIpc) is 2.59. The predicted molar refractivity (Wildman–Crippen MR) is 101 cm³/mol. The Morgan fingerprint density at radius 1 is 1.00 bits per heavy atom. The van der Waals surface area contributed by atoms with Crippen LogP contribution in [0.4, 0.5) is 0 Å². The third-order valence-electron chi connectivity index (χ3n) is 4.65. The summed E-state index contributed by atoms with van der Waals surface area (Å²) in [5.41, 5.74) is 3.65. The lowest BCUT2D eigenvalue weighted by Crippen LogP contribution is -2.48. The molecule has 1 heterocycles. The van der Waals surface area contributed by atoms with E-state index in [0.29, 0.717) is 6.42 Å². The minimum Gasteiger partial charge on any atom is -0.340 e. The van der Waals surface area contributed by atoms with E-state index in [1.54, 1.807) is 0 Å². The zero-order chi connectivity index (χ0) is 16.9. The van der Waals surface area contributed by atoms with Gasteiger partial charge in [-0.1, -0.05) is 52.3 Å². The molecule has 0 spiro atoms. The van der Waals surface area contributed by atoms with Gasteiger partial charge in [-0.05, 0) is 35.7 Å². The molecule has 0 saturated carbocycles. The second kappa shape index (κ2) is 7.95. The SMILES string of the molecule is Cc1ccccc1CC(=O)N1CCN(Cc2ccc(Br)cc2)CC1. The van der Waals surface area contributed by atoms with Gasteiger partial charge in [-0.2, -0.15) is 0 Å². The molecule has 0 N–H and O–H groups in total. The highest BCUT2D eigenvalue weighted by Crippen LogP contribution is 2.15. The molecule has 126 valence electrons. The maximum atomic E-state index is 12.5.